The predicted octanol–water partition coefficient (Wildman–Crippen LogP) is 2.97. The lowest BCUT2D eigenvalue weighted by Gasteiger charge is -2.36. The maximum Gasteiger partial charge on any atom is 0.224 e. The number of hydrogen-bond donors (Lipinski definition) is 1. The van der Waals surface area contributed by atoms with E-state index in [9.17, 15) is 4.79 Å². The molecule has 88 valence electrons. The largest absolute Gasteiger partial charge is 0.353 e. The van der Waals surface area contributed by atoms with Crippen LogP contribution in [-0.4, -0.2) is 11.9 Å². The van der Waals surface area contributed by atoms with Crippen LogP contribution in [0.1, 0.15) is 53.9 Å². The first kappa shape index (κ1) is 12.5. The second-order valence-electron chi connectivity index (χ2n) is 6.22. The van der Waals surface area contributed by atoms with Gasteiger partial charge in [-0.15, -0.1) is 0 Å². The van der Waals surface area contributed by atoms with Gasteiger partial charge in [-0.05, 0) is 30.6 Å². The zero-order valence-corrected chi connectivity index (χ0v) is 10.8. The van der Waals surface area contributed by atoms with Crippen LogP contribution in [0.5, 0.6) is 0 Å². The number of hydrogen-bond acceptors (Lipinski definition) is 1. The highest BCUT2D eigenvalue weighted by molar-refractivity contribution is 5.80. The Morgan fingerprint density at radius 3 is 2.07 bits per heavy atom. The highest BCUT2D eigenvalue weighted by Gasteiger charge is 2.35. The Bertz CT molecular complexity index is 223. The summed E-state index contributed by atoms with van der Waals surface area (Å²) in [6, 6.07) is 0.459. The molecule has 15 heavy (non-hydrogen) atoms. The summed E-state index contributed by atoms with van der Waals surface area (Å²) in [6.07, 6.45) is 3.61. The van der Waals surface area contributed by atoms with Gasteiger partial charge in [-0.3, -0.25) is 4.79 Å². The van der Waals surface area contributed by atoms with Crippen LogP contribution in [0.2, 0.25) is 0 Å². The Hall–Kier alpha value is -0.530. The third kappa shape index (κ3) is 3.22. The Morgan fingerprint density at radius 2 is 1.80 bits per heavy atom. The van der Waals surface area contributed by atoms with Crippen molar-refractivity contribution in [2.45, 2.75) is 59.9 Å². The van der Waals surface area contributed by atoms with Gasteiger partial charge in [0.2, 0.25) is 5.91 Å². The van der Waals surface area contributed by atoms with Gasteiger partial charge in [-0.25, -0.2) is 0 Å². The molecule has 1 aliphatic rings. The molecule has 0 bridgehead atoms. The van der Waals surface area contributed by atoms with Gasteiger partial charge in [0.1, 0.15) is 0 Å². The van der Waals surface area contributed by atoms with Crippen molar-refractivity contribution in [3.63, 3.8) is 0 Å². The fourth-order valence-corrected chi connectivity index (χ4v) is 2.54. The normalized spacial score (nSPS) is 19.9. The maximum absolute atomic E-state index is 12.1. The van der Waals surface area contributed by atoms with Crippen LogP contribution in [-0.2, 0) is 4.79 Å². The fourth-order valence-electron chi connectivity index (χ4n) is 2.54. The molecule has 0 saturated heterocycles. The summed E-state index contributed by atoms with van der Waals surface area (Å²) < 4.78 is 0. The van der Waals surface area contributed by atoms with E-state index >= 15 is 0 Å². The Kier molecular flexibility index (Phi) is 3.80. The number of carbonyl (C=O) groups excluding carboxylic acids is 1. The van der Waals surface area contributed by atoms with Crippen molar-refractivity contribution < 1.29 is 4.79 Å². The van der Waals surface area contributed by atoms with Crippen LogP contribution in [0.4, 0.5) is 0 Å². The second kappa shape index (κ2) is 4.54. The molecule has 0 heterocycles. The lowest BCUT2D eigenvalue weighted by atomic mass is 9.73. The second-order valence-corrected chi connectivity index (χ2v) is 6.22. The number of amides is 1. The standard InChI is InChI=1S/C13H25NO/c1-9(2)11(13(3,4)5)12(15)14-10-7-6-8-10/h9-11H,6-8H2,1-5H3,(H,14,15). The van der Waals surface area contributed by atoms with Gasteiger partial charge in [-0.2, -0.15) is 0 Å². The molecule has 0 aromatic carbocycles. The molecule has 2 nitrogen and oxygen atoms in total. The van der Waals surface area contributed by atoms with Crippen LogP contribution < -0.4 is 5.32 Å². The summed E-state index contributed by atoms with van der Waals surface area (Å²) in [5, 5.41) is 3.17. The Balaban J connectivity index is 2.58. The van der Waals surface area contributed by atoms with Crippen molar-refractivity contribution in [3.05, 3.63) is 0 Å². The molecule has 1 rings (SSSR count). The van der Waals surface area contributed by atoms with Crippen molar-refractivity contribution in [1.29, 1.82) is 0 Å². The molecule has 1 amide bonds. The van der Waals surface area contributed by atoms with Gasteiger partial charge in [0.25, 0.3) is 0 Å². The predicted molar refractivity (Wildman–Crippen MR) is 63.6 cm³/mol. The highest BCUT2D eigenvalue weighted by atomic mass is 16.2. The molecule has 0 aliphatic heterocycles. The average Bonchev–Trinajstić information content (AvgIpc) is 1.92. The first-order valence-corrected chi connectivity index (χ1v) is 6.12. The van der Waals surface area contributed by atoms with Crippen LogP contribution >= 0.6 is 0 Å². The molecule has 1 saturated carbocycles. The van der Waals surface area contributed by atoms with Gasteiger partial charge >= 0.3 is 0 Å². The summed E-state index contributed by atoms with van der Waals surface area (Å²) in [5.74, 6) is 0.783. The zero-order valence-electron chi connectivity index (χ0n) is 10.8. The summed E-state index contributed by atoms with van der Waals surface area (Å²) in [6.45, 7) is 10.7. The molecule has 1 unspecified atom stereocenters. The third-order valence-electron chi connectivity index (χ3n) is 3.33. The van der Waals surface area contributed by atoms with E-state index in [1.54, 1.807) is 0 Å². The molecule has 0 aromatic rings. The molecule has 2 heteroatoms. The van der Waals surface area contributed by atoms with Gasteiger partial charge in [-0.1, -0.05) is 34.6 Å². The summed E-state index contributed by atoms with van der Waals surface area (Å²) >= 11 is 0. The maximum atomic E-state index is 12.1. The molecule has 0 aromatic heterocycles. The minimum absolute atomic E-state index is 0.0575. The Morgan fingerprint density at radius 1 is 1.27 bits per heavy atom. The quantitative estimate of drug-likeness (QED) is 0.764. The summed E-state index contributed by atoms with van der Waals surface area (Å²) in [5.41, 5.74) is 0.0575. The molecule has 1 fully saturated rings. The number of nitrogens with one attached hydrogen (secondary N) is 1. The lowest BCUT2D eigenvalue weighted by Crippen LogP contribution is -2.47. The number of carbonyl (C=O) groups is 1. The van der Waals surface area contributed by atoms with E-state index in [1.807, 2.05) is 0 Å². The van der Waals surface area contributed by atoms with Crippen molar-refractivity contribution in [2.24, 2.45) is 17.3 Å². The van der Waals surface area contributed by atoms with Crippen LogP contribution in [0.3, 0.4) is 0 Å². The molecule has 1 atom stereocenters. The first-order chi connectivity index (χ1) is 6.82. The Labute approximate surface area is 93.8 Å². The number of rotatable bonds is 3. The highest BCUT2D eigenvalue weighted by Crippen LogP contribution is 2.32. The topological polar surface area (TPSA) is 29.1 Å². The minimum Gasteiger partial charge on any atom is -0.353 e. The monoisotopic (exact) mass is 211 g/mol. The van der Waals surface area contributed by atoms with E-state index in [1.165, 1.54) is 19.3 Å². The lowest BCUT2D eigenvalue weighted by molar-refractivity contribution is -0.131. The summed E-state index contributed by atoms with van der Waals surface area (Å²) in [4.78, 5) is 12.1. The van der Waals surface area contributed by atoms with Crippen molar-refractivity contribution >= 4 is 5.91 Å². The molecular formula is C13H25NO. The molecule has 0 spiro atoms. The van der Waals surface area contributed by atoms with Crippen LogP contribution in [0, 0.1) is 17.3 Å². The van der Waals surface area contributed by atoms with Gasteiger partial charge in [0.15, 0.2) is 0 Å². The van der Waals surface area contributed by atoms with Crippen molar-refractivity contribution in [3.8, 4) is 0 Å². The van der Waals surface area contributed by atoms with E-state index < -0.39 is 0 Å². The fraction of sp³-hybridized carbons (Fsp3) is 0.923. The summed E-state index contributed by atoms with van der Waals surface area (Å²) in [7, 11) is 0. The molecule has 0 radical (unpaired) electrons. The van der Waals surface area contributed by atoms with E-state index in [0.717, 1.165) is 0 Å². The average molecular weight is 211 g/mol. The molecule has 1 N–H and O–H groups in total. The van der Waals surface area contributed by atoms with Gasteiger partial charge in [0, 0.05) is 12.0 Å². The first-order valence-electron chi connectivity index (χ1n) is 6.12. The van der Waals surface area contributed by atoms with Crippen LogP contribution in [0.15, 0.2) is 0 Å². The van der Waals surface area contributed by atoms with E-state index in [-0.39, 0.29) is 17.2 Å². The third-order valence-corrected chi connectivity index (χ3v) is 3.33. The van der Waals surface area contributed by atoms with Gasteiger partial charge < -0.3 is 5.32 Å². The minimum atomic E-state index is 0.0575. The molecule has 1 aliphatic carbocycles. The molecular weight excluding hydrogens is 186 g/mol. The van der Waals surface area contributed by atoms with E-state index in [0.29, 0.717) is 12.0 Å². The van der Waals surface area contributed by atoms with E-state index in [2.05, 4.69) is 39.9 Å². The van der Waals surface area contributed by atoms with E-state index in [4.69, 9.17) is 0 Å². The smallest absolute Gasteiger partial charge is 0.224 e. The zero-order chi connectivity index (χ0) is 11.6. The van der Waals surface area contributed by atoms with Crippen molar-refractivity contribution in [1.82, 2.24) is 5.32 Å². The SMILES string of the molecule is CC(C)C(C(=O)NC1CCC1)C(C)(C)C. The van der Waals surface area contributed by atoms with Crippen molar-refractivity contribution in [2.75, 3.05) is 0 Å². The van der Waals surface area contributed by atoms with Gasteiger partial charge in [0.05, 0.1) is 0 Å². The van der Waals surface area contributed by atoms with Crippen LogP contribution in [0.25, 0.3) is 0 Å².